The van der Waals surface area contributed by atoms with Gasteiger partial charge in [0.2, 0.25) is 5.13 Å². The molecule has 3 aromatic rings. The number of hydrogen-bond donors (Lipinski definition) is 2. The Hall–Kier alpha value is -3.31. The molecule has 0 saturated carbocycles. The number of nitrogens with zero attached hydrogens (tertiary/aromatic N) is 4. The quantitative estimate of drug-likeness (QED) is 0.250. The molecule has 2 N–H and O–H groups in total. The second-order valence-corrected chi connectivity index (χ2v) is 7.50. The van der Waals surface area contributed by atoms with Gasteiger partial charge < -0.3 is 5.32 Å². The van der Waals surface area contributed by atoms with Gasteiger partial charge in [0.25, 0.3) is 11.6 Å². The number of carbonyl (C=O) groups excluding carboxylic acids is 1. The number of hydrogen-bond acceptors (Lipinski definition) is 9. The predicted molar refractivity (Wildman–Crippen MR) is 109 cm³/mol. The van der Waals surface area contributed by atoms with Crippen LogP contribution in [0.25, 0.3) is 0 Å². The van der Waals surface area contributed by atoms with Crippen LogP contribution in [0.1, 0.15) is 5.56 Å². The Morgan fingerprint density at radius 1 is 1.21 bits per heavy atom. The third-order valence-electron chi connectivity index (χ3n) is 3.24. The molecule has 0 bridgehead atoms. The summed E-state index contributed by atoms with van der Waals surface area (Å²) in [4.78, 5) is 22.1. The fraction of sp³-hybridized carbons (Fsp3) is 0.0588. The third-order valence-corrected chi connectivity index (χ3v) is 5.21. The molecule has 0 aliphatic carbocycles. The lowest BCUT2D eigenvalue weighted by atomic mass is 10.2. The summed E-state index contributed by atoms with van der Waals surface area (Å²) >= 11 is 2.58. The molecule has 0 aliphatic rings. The maximum absolute atomic E-state index is 11.9. The first-order chi connectivity index (χ1) is 13.6. The predicted octanol–water partition coefficient (Wildman–Crippen LogP) is 3.43. The Bertz CT molecular complexity index is 993. The molecular formula is C17H14N6O3S2. The average molecular weight is 414 g/mol. The van der Waals surface area contributed by atoms with Gasteiger partial charge >= 0.3 is 0 Å². The van der Waals surface area contributed by atoms with E-state index in [1.807, 2.05) is 30.3 Å². The van der Waals surface area contributed by atoms with E-state index in [0.717, 1.165) is 5.69 Å². The lowest BCUT2D eigenvalue weighted by Gasteiger charge is -1.99. The fourth-order valence-electron chi connectivity index (χ4n) is 2.02. The summed E-state index contributed by atoms with van der Waals surface area (Å²) in [5.74, 6) is -0.203. The Kier molecular flexibility index (Phi) is 6.65. The van der Waals surface area contributed by atoms with Crippen LogP contribution in [0.4, 0.5) is 16.5 Å². The van der Waals surface area contributed by atoms with Crippen LogP contribution < -0.4 is 10.7 Å². The molecule has 142 valence electrons. The first-order valence-corrected chi connectivity index (χ1v) is 9.75. The molecule has 0 unspecified atom stereocenters. The van der Waals surface area contributed by atoms with Gasteiger partial charge in [-0.15, -0.1) is 10.2 Å². The zero-order valence-corrected chi connectivity index (χ0v) is 15.9. The van der Waals surface area contributed by atoms with Crippen LogP contribution in [0, 0.1) is 10.1 Å². The Labute approximate surface area is 168 Å². The van der Waals surface area contributed by atoms with Crippen molar-refractivity contribution < 1.29 is 9.72 Å². The number of nitrogens with one attached hydrogen (secondary N) is 2. The number of carbonyl (C=O) groups is 1. The number of hydrazone groups is 1. The number of rotatable bonds is 8. The molecule has 1 heterocycles. The normalized spacial score (nSPS) is 10.7. The Morgan fingerprint density at radius 2 is 2.04 bits per heavy atom. The Morgan fingerprint density at radius 3 is 2.82 bits per heavy atom. The molecule has 1 amide bonds. The third kappa shape index (κ3) is 5.86. The first kappa shape index (κ1) is 19.5. The molecule has 3 rings (SSSR count). The van der Waals surface area contributed by atoms with Crippen molar-refractivity contribution in [1.82, 2.24) is 15.6 Å². The SMILES string of the molecule is O=C(CSc1nnc(Nc2ccccc2)s1)N/N=C/c1cccc([N+](=O)[O-])c1. The van der Waals surface area contributed by atoms with E-state index in [0.29, 0.717) is 15.0 Å². The van der Waals surface area contributed by atoms with Crippen molar-refractivity contribution in [2.24, 2.45) is 5.10 Å². The molecule has 28 heavy (non-hydrogen) atoms. The summed E-state index contributed by atoms with van der Waals surface area (Å²) < 4.78 is 0.649. The smallest absolute Gasteiger partial charge is 0.270 e. The monoisotopic (exact) mass is 414 g/mol. The minimum absolute atomic E-state index is 0.0398. The van der Waals surface area contributed by atoms with Gasteiger partial charge in [-0.1, -0.05) is 53.4 Å². The molecule has 0 fully saturated rings. The number of thioether (sulfide) groups is 1. The number of non-ortho nitro benzene ring substituents is 1. The highest BCUT2D eigenvalue weighted by Gasteiger charge is 2.08. The second-order valence-electron chi connectivity index (χ2n) is 5.30. The number of nitro groups is 1. The molecule has 0 spiro atoms. The fourth-order valence-corrected chi connectivity index (χ4v) is 3.59. The van der Waals surface area contributed by atoms with Crippen LogP contribution in [-0.2, 0) is 4.79 Å². The molecule has 0 atom stereocenters. The van der Waals surface area contributed by atoms with Crippen LogP contribution in [0.2, 0.25) is 0 Å². The summed E-state index contributed by atoms with van der Waals surface area (Å²) in [5.41, 5.74) is 3.76. The average Bonchev–Trinajstić information content (AvgIpc) is 3.15. The minimum atomic E-state index is -0.491. The highest BCUT2D eigenvalue weighted by molar-refractivity contribution is 8.01. The molecule has 2 aromatic carbocycles. The van der Waals surface area contributed by atoms with Gasteiger partial charge in [-0.05, 0) is 12.1 Å². The molecule has 1 aromatic heterocycles. The van der Waals surface area contributed by atoms with Gasteiger partial charge in [0.1, 0.15) is 0 Å². The van der Waals surface area contributed by atoms with Gasteiger partial charge in [0, 0.05) is 23.4 Å². The van der Waals surface area contributed by atoms with Crippen molar-refractivity contribution in [3.63, 3.8) is 0 Å². The number of para-hydroxylation sites is 1. The zero-order chi connectivity index (χ0) is 19.8. The zero-order valence-electron chi connectivity index (χ0n) is 14.3. The van der Waals surface area contributed by atoms with Crippen molar-refractivity contribution in [3.8, 4) is 0 Å². The van der Waals surface area contributed by atoms with Crippen LogP contribution in [0.15, 0.2) is 64.0 Å². The maximum atomic E-state index is 11.9. The van der Waals surface area contributed by atoms with Crippen molar-refractivity contribution in [1.29, 1.82) is 0 Å². The molecule has 11 heteroatoms. The second kappa shape index (κ2) is 9.58. The van der Waals surface area contributed by atoms with Crippen LogP contribution >= 0.6 is 23.1 Å². The van der Waals surface area contributed by atoms with Crippen LogP contribution in [-0.4, -0.2) is 33.0 Å². The van der Waals surface area contributed by atoms with Gasteiger partial charge in [-0.3, -0.25) is 14.9 Å². The summed E-state index contributed by atoms with van der Waals surface area (Å²) in [5, 5.41) is 26.4. The summed E-state index contributed by atoms with van der Waals surface area (Å²) in [6, 6.07) is 15.5. The molecule has 0 aliphatic heterocycles. The standard InChI is InChI=1S/C17H14N6O3S2/c24-15(20-18-10-12-5-4-8-14(9-12)23(25)26)11-27-17-22-21-16(28-17)19-13-6-2-1-3-7-13/h1-10H,11H2,(H,19,21)(H,20,24)/b18-10+. The van der Waals surface area contributed by atoms with E-state index in [-0.39, 0.29) is 17.3 Å². The van der Waals surface area contributed by atoms with E-state index in [2.05, 4.69) is 26.0 Å². The van der Waals surface area contributed by atoms with Gasteiger partial charge in [-0.2, -0.15) is 5.10 Å². The number of aromatic nitrogens is 2. The topological polar surface area (TPSA) is 122 Å². The van der Waals surface area contributed by atoms with Crippen molar-refractivity contribution >= 4 is 51.7 Å². The number of benzene rings is 2. The molecule has 0 radical (unpaired) electrons. The summed E-state index contributed by atoms with van der Waals surface area (Å²) in [6.07, 6.45) is 1.35. The van der Waals surface area contributed by atoms with Gasteiger partial charge in [-0.25, -0.2) is 5.43 Å². The van der Waals surface area contributed by atoms with E-state index in [1.165, 1.54) is 41.4 Å². The van der Waals surface area contributed by atoms with E-state index in [9.17, 15) is 14.9 Å². The van der Waals surface area contributed by atoms with E-state index in [1.54, 1.807) is 12.1 Å². The lowest BCUT2D eigenvalue weighted by Crippen LogP contribution is -2.19. The van der Waals surface area contributed by atoms with Crippen molar-refractivity contribution in [2.75, 3.05) is 11.1 Å². The molecular weight excluding hydrogens is 400 g/mol. The van der Waals surface area contributed by atoms with E-state index >= 15 is 0 Å². The van der Waals surface area contributed by atoms with Gasteiger partial charge in [0.15, 0.2) is 4.34 Å². The molecule has 0 saturated heterocycles. The van der Waals surface area contributed by atoms with Crippen molar-refractivity contribution in [2.45, 2.75) is 4.34 Å². The lowest BCUT2D eigenvalue weighted by molar-refractivity contribution is -0.384. The van der Waals surface area contributed by atoms with Crippen LogP contribution in [0.5, 0.6) is 0 Å². The number of nitro benzene ring substituents is 1. The highest BCUT2D eigenvalue weighted by atomic mass is 32.2. The van der Waals surface area contributed by atoms with Gasteiger partial charge in [0.05, 0.1) is 16.9 Å². The van der Waals surface area contributed by atoms with E-state index in [4.69, 9.17) is 0 Å². The maximum Gasteiger partial charge on any atom is 0.270 e. The first-order valence-electron chi connectivity index (χ1n) is 7.95. The highest BCUT2D eigenvalue weighted by Crippen LogP contribution is 2.27. The summed E-state index contributed by atoms with van der Waals surface area (Å²) in [7, 11) is 0. The molecule has 9 nitrogen and oxygen atoms in total. The number of amides is 1. The number of anilines is 2. The van der Waals surface area contributed by atoms with E-state index < -0.39 is 4.92 Å². The Balaban J connectivity index is 1.46. The minimum Gasteiger partial charge on any atom is -0.330 e. The van der Waals surface area contributed by atoms with Crippen LogP contribution in [0.3, 0.4) is 0 Å². The van der Waals surface area contributed by atoms with Crippen molar-refractivity contribution in [3.05, 3.63) is 70.3 Å². The largest absolute Gasteiger partial charge is 0.330 e. The summed E-state index contributed by atoms with van der Waals surface area (Å²) in [6.45, 7) is 0.